The van der Waals surface area contributed by atoms with Gasteiger partial charge in [-0.3, -0.25) is 9.59 Å². The molecule has 3 heteroatoms. The average molecular weight is 304 g/mol. The summed E-state index contributed by atoms with van der Waals surface area (Å²) in [4.78, 5) is 24.5. The van der Waals surface area contributed by atoms with Crippen LogP contribution >= 0.6 is 0 Å². The number of aliphatic hydroxyl groups excluding tert-OH is 1. The van der Waals surface area contributed by atoms with Gasteiger partial charge in [0.15, 0.2) is 0 Å². The third-order valence-corrected chi connectivity index (χ3v) is 8.06. The molecule has 0 unspecified atom stereocenters. The van der Waals surface area contributed by atoms with Gasteiger partial charge in [-0.2, -0.15) is 0 Å². The van der Waals surface area contributed by atoms with Gasteiger partial charge in [-0.25, -0.2) is 0 Å². The van der Waals surface area contributed by atoms with E-state index >= 15 is 0 Å². The number of ketones is 2. The Hall–Kier alpha value is -0.700. The minimum Gasteiger partial charge on any atom is -0.393 e. The summed E-state index contributed by atoms with van der Waals surface area (Å²) in [6, 6.07) is 0. The first-order valence-corrected chi connectivity index (χ1v) is 9.09. The van der Waals surface area contributed by atoms with Crippen LogP contribution in [-0.4, -0.2) is 22.8 Å². The van der Waals surface area contributed by atoms with E-state index in [1.165, 1.54) is 6.42 Å². The van der Waals surface area contributed by atoms with Crippen molar-refractivity contribution in [1.82, 2.24) is 0 Å². The predicted octanol–water partition coefficient (Wildman–Crippen LogP) is 3.14. The first-order valence-electron chi connectivity index (χ1n) is 9.09. The summed E-state index contributed by atoms with van der Waals surface area (Å²) in [5.74, 6) is 2.42. The topological polar surface area (TPSA) is 54.4 Å². The van der Waals surface area contributed by atoms with Crippen molar-refractivity contribution >= 4 is 11.6 Å². The molecule has 0 heterocycles. The first-order chi connectivity index (χ1) is 10.4. The van der Waals surface area contributed by atoms with E-state index in [1.807, 2.05) is 0 Å². The highest BCUT2D eigenvalue weighted by atomic mass is 16.3. The lowest BCUT2D eigenvalue weighted by Crippen LogP contribution is -2.59. The van der Waals surface area contributed by atoms with Gasteiger partial charge in [0.2, 0.25) is 0 Å². The van der Waals surface area contributed by atoms with Crippen molar-refractivity contribution in [2.45, 2.75) is 71.3 Å². The van der Waals surface area contributed by atoms with E-state index in [9.17, 15) is 14.7 Å². The third kappa shape index (κ3) is 1.78. The van der Waals surface area contributed by atoms with E-state index in [0.29, 0.717) is 48.6 Å². The summed E-state index contributed by atoms with van der Waals surface area (Å²) >= 11 is 0. The summed E-state index contributed by atoms with van der Waals surface area (Å²) in [6.07, 6.45) is 6.60. The lowest BCUT2D eigenvalue weighted by atomic mass is 9.44. The van der Waals surface area contributed by atoms with Gasteiger partial charge < -0.3 is 5.11 Å². The lowest BCUT2D eigenvalue weighted by Gasteiger charge is -2.60. The normalized spacial score (nSPS) is 54.6. The Labute approximate surface area is 132 Å². The molecule has 3 nitrogen and oxygen atoms in total. The van der Waals surface area contributed by atoms with E-state index in [0.717, 1.165) is 25.7 Å². The van der Waals surface area contributed by atoms with E-state index in [-0.39, 0.29) is 16.7 Å². The van der Waals surface area contributed by atoms with E-state index in [2.05, 4.69) is 13.8 Å². The Bertz CT molecular complexity index is 527. The minimum absolute atomic E-state index is 0.0371. The molecule has 4 saturated carbocycles. The van der Waals surface area contributed by atoms with Gasteiger partial charge in [-0.05, 0) is 61.2 Å². The number of fused-ring (bicyclic) bond motifs is 5. The number of Topliss-reactive ketones (excluding diaryl/α,β-unsaturated/α-hetero) is 2. The number of aliphatic hydroxyl groups is 1. The molecule has 4 rings (SSSR count). The van der Waals surface area contributed by atoms with Gasteiger partial charge in [0.25, 0.3) is 0 Å². The third-order valence-electron chi connectivity index (χ3n) is 8.06. The first kappa shape index (κ1) is 14.9. The van der Waals surface area contributed by atoms with E-state index in [4.69, 9.17) is 0 Å². The molecule has 0 saturated heterocycles. The molecule has 1 N–H and O–H groups in total. The smallest absolute Gasteiger partial charge is 0.139 e. The molecule has 0 aromatic heterocycles. The maximum atomic E-state index is 12.4. The number of carbonyl (C=O) groups excluding carboxylic acids is 2. The Morgan fingerprint density at radius 2 is 1.82 bits per heavy atom. The van der Waals surface area contributed by atoms with Crippen molar-refractivity contribution in [1.29, 1.82) is 0 Å². The van der Waals surface area contributed by atoms with Crippen molar-refractivity contribution in [2.75, 3.05) is 0 Å². The molecule has 0 spiro atoms. The van der Waals surface area contributed by atoms with Crippen molar-refractivity contribution < 1.29 is 14.7 Å². The zero-order valence-corrected chi connectivity index (χ0v) is 13.8. The molecule has 4 fully saturated rings. The number of hydrogen-bond donors (Lipinski definition) is 1. The summed E-state index contributed by atoms with van der Waals surface area (Å²) in [5, 5.41) is 11.0. The molecule has 0 aromatic rings. The second kappa shape index (κ2) is 4.66. The highest BCUT2D eigenvalue weighted by Gasteiger charge is 2.63. The molecule has 22 heavy (non-hydrogen) atoms. The van der Waals surface area contributed by atoms with Crippen LogP contribution in [0.25, 0.3) is 0 Å². The molecule has 0 aromatic carbocycles. The largest absolute Gasteiger partial charge is 0.393 e. The van der Waals surface area contributed by atoms with Crippen molar-refractivity contribution in [3.05, 3.63) is 0 Å². The van der Waals surface area contributed by atoms with Crippen LogP contribution in [0.3, 0.4) is 0 Å². The molecule has 0 aliphatic heterocycles. The molecular formula is C19H28O3. The summed E-state index contributed by atoms with van der Waals surface area (Å²) < 4.78 is 0. The molecule has 4 aliphatic rings. The van der Waals surface area contributed by atoms with Gasteiger partial charge in [0.1, 0.15) is 11.6 Å². The molecule has 0 bridgehead atoms. The van der Waals surface area contributed by atoms with Crippen LogP contribution in [-0.2, 0) is 9.59 Å². The Kier molecular flexibility index (Phi) is 3.15. The van der Waals surface area contributed by atoms with E-state index < -0.39 is 6.10 Å². The van der Waals surface area contributed by atoms with Crippen LogP contribution in [0.2, 0.25) is 0 Å². The van der Waals surface area contributed by atoms with Crippen molar-refractivity contribution in [2.24, 2.45) is 34.5 Å². The summed E-state index contributed by atoms with van der Waals surface area (Å²) in [7, 11) is 0. The van der Waals surface area contributed by atoms with Crippen LogP contribution < -0.4 is 0 Å². The zero-order valence-electron chi connectivity index (χ0n) is 13.8. The summed E-state index contributed by atoms with van der Waals surface area (Å²) in [5.41, 5.74) is -0.340. The van der Waals surface area contributed by atoms with Crippen molar-refractivity contribution in [3.63, 3.8) is 0 Å². The van der Waals surface area contributed by atoms with Crippen LogP contribution in [0.4, 0.5) is 0 Å². The second-order valence-electron chi connectivity index (χ2n) is 8.98. The molecule has 0 amide bonds. The van der Waals surface area contributed by atoms with Gasteiger partial charge >= 0.3 is 0 Å². The average Bonchev–Trinajstić information content (AvgIpc) is 2.73. The number of rotatable bonds is 0. The fraction of sp³-hybridized carbons (Fsp3) is 0.895. The van der Waals surface area contributed by atoms with Gasteiger partial charge in [0, 0.05) is 24.7 Å². The molecule has 4 aliphatic carbocycles. The SMILES string of the molecule is C[C@]12CC(=O)CC[C@@H]1CC[C@@H]1[C@@H]2[C@H](O)C[C@]2(C)C(=O)CC[C@@H]12. The van der Waals surface area contributed by atoms with Crippen LogP contribution in [0.1, 0.15) is 65.2 Å². The Morgan fingerprint density at radius 1 is 1.05 bits per heavy atom. The maximum Gasteiger partial charge on any atom is 0.139 e. The molecule has 7 atom stereocenters. The Balaban J connectivity index is 1.72. The highest BCUT2D eigenvalue weighted by molar-refractivity contribution is 5.87. The monoisotopic (exact) mass is 304 g/mol. The van der Waals surface area contributed by atoms with Crippen LogP contribution in [0.15, 0.2) is 0 Å². The number of carbonyl (C=O) groups is 2. The van der Waals surface area contributed by atoms with Gasteiger partial charge in [0.05, 0.1) is 6.10 Å². The van der Waals surface area contributed by atoms with Gasteiger partial charge in [-0.1, -0.05) is 13.8 Å². The Morgan fingerprint density at radius 3 is 2.59 bits per heavy atom. The maximum absolute atomic E-state index is 12.4. The fourth-order valence-corrected chi connectivity index (χ4v) is 7.04. The number of hydrogen-bond acceptors (Lipinski definition) is 3. The standard InChI is InChI=1S/C19H28O3/c1-18-9-12(20)5-3-11(18)4-6-13-14-7-8-16(22)19(14,2)10-15(21)17(13)18/h11,13-15,17,21H,3-10H2,1-2H3/t11-,13+,14+,15-,17-,18+,19+/m1/s1. The van der Waals surface area contributed by atoms with E-state index in [1.54, 1.807) is 0 Å². The zero-order chi connectivity index (χ0) is 15.7. The highest BCUT2D eigenvalue weighted by Crippen LogP contribution is 2.65. The predicted molar refractivity (Wildman–Crippen MR) is 83.1 cm³/mol. The minimum atomic E-state index is -0.410. The molecular weight excluding hydrogens is 276 g/mol. The fourth-order valence-electron chi connectivity index (χ4n) is 7.04. The van der Waals surface area contributed by atoms with Crippen molar-refractivity contribution in [3.8, 4) is 0 Å². The molecule has 122 valence electrons. The lowest BCUT2D eigenvalue weighted by molar-refractivity contribution is -0.172. The van der Waals surface area contributed by atoms with Gasteiger partial charge in [-0.15, -0.1) is 0 Å². The van der Waals surface area contributed by atoms with Crippen LogP contribution in [0, 0.1) is 34.5 Å². The second-order valence-corrected chi connectivity index (χ2v) is 8.98. The van der Waals surface area contributed by atoms with Crippen LogP contribution in [0.5, 0.6) is 0 Å². The quantitative estimate of drug-likeness (QED) is 0.748. The summed E-state index contributed by atoms with van der Waals surface area (Å²) in [6.45, 7) is 4.35. The molecule has 0 radical (unpaired) electrons.